The van der Waals surface area contributed by atoms with Crippen LogP contribution in [0.15, 0.2) is 27.6 Å². The van der Waals surface area contributed by atoms with Crippen LogP contribution in [0.25, 0.3) is 0 Å². The van der Waals surface area contributed by atoms with E-state index in [1.54, 1.807) is 6.92 Å². The highest BCUT2D eigenvalue weighted by Gasteiger charge is 2.36. The van der Waals surface area contributed by atoms with Crippen molar-refractivity contribution in [2.45, 2.75) is 31.6 Å². The lowest BCUT2D eigenvalue weighted by molar-refractivity contribution is -0.384. The highest BCUT2D eigenvalue weighted by molar-refractivity contribution is 7.89. The Morgan fingerprint density at radius 3 is 2.73 bits per heavy atom. The first-order valence-corrected chi connectivity index (χ1v) is 10.7. The van der Waals surface area contributed by atoms with Gasteiger partial charge < -0.3 is 14.6 Å². The third-order valence-corrected chi connectivity index (χ3v) is 7.08. The minimum Gasteiger partial charge on any atom is -0.495 e. The number of carbonyl (C=O) groups excluding carboxylic acids is 1. The van der Waals surface area contributed by atoms with Gasteiger partial charge in [0.2, 0.25) is 15.9 Å². The van der Waals surface area contributed by atoms with Crippen molar-refractivity contribution in [1.82, 2.24) is 9.46 Å². The fourth-order valence-electron chi connectivity index (χ4n) is 3.49. The second-order valence-electron chi connectivity index (χ2n) is 6.99. The molecule has 0 aliphatic carbocycles. The number of carbonyl (C=O) groups is 1. The van der Waals surface area contributed by atoms with Crippen LogP contribution in [0.3, 0.4) is 0 Å². The van der Waals surface area contributed by atoms with E-state index in [1.807, 2.05) is 0 Å². The van der Waals surface area contributed by atoms with Crippen LogP contribution < -0.4 is 10.1 Å². The van der Waals surface area contributed by atoms with Gasteiger partial charge in [-0.05, 0) is 32.8 Å². The zero-order chi connectivity index (χ0) is 22.1. The molecule has 0 bridgehead atoms. The van der Waals surface area contributed by atoms with Crippen LogP contribution in [0.1, 0.15) is 24.3 Å². The summed E-state index contributed by atoms with van der Waals surface area (Å²) in [6, 6.07) is 3.87. The largest absolute Gasteiger partial charge is 0.495 e. The van der Waals surface area contributed by atoms with Crippen molar-refractivity contribution in [3.8, 4) is 5.75 Å². The number of hydrogen-bond acceptors (Lipinski definition) is 8. The van der Waals surface area contributed by atoms with Gasteiger partial charge in [0.15, 0.2) is 5.76 Å². The van der Waals surface area contributed by atoms with Gasteiger partial charge in [0.1, 0.15) is 16.3 Å². The summed E-state index contributed by atoms with van der Waals surface area (Å²) >= 11 is 0. The molecule has 1 atom stereocenters. The second kappa shape index (κ2) is 8.40. The van der Waals surface area contributed by atoms with Gasteiger partial charge in [0.05, 0.1) is 23.6 Å². The summed E-state index contributed by atoms with van der Waals surface area (Å²) in [5, 5.41) is 17.4. The average molecular weight is 438 g/mol. The summed E-state index contributed by atoms with van der Waals surface area (Å²) in [6.45, 7) is 3.33. The van der Waals surface area contributed by atoms with E-state index in [9.17, 15) is 23.3 Å². The molecule has 1 aromatic carbocycles. The predicted molar refractivity (Wildman–Crippen MR) is 106 cm³/mol. The Hall–Kier alpha value is -2.99. The number of aryl methyl sites for hydroxylation is 2. The van der Waals surface area contributed by atoms with Crippen LogP contribution in [0.5, 0.6) is 5.75 Å². The monoisotopic (exact) mass is 438 g/mol. The minimum atomic E-state index is -3.87. The fraction of sp³-hybridized carbons (Fsp3) is 0.444. The van der Waals surface area contributed by atoms with Crippen LogP contribution >= 0.6 is 0 Å². The lowest BCUT2D eigenvalue weighted by Crippen LogP contribution is -2.43. The molecule has 30 heavy (non-hydrogen) atoms. The molecule has 2 heterocycles. The van der Waals surface area contributed by atoms with E-state index < -0.39 is 26.8 Å². The number of non-ortho nitro benzene ring substituents is 1. The zero-order valence-electron chi connectivity index (χ0n) is 16.7. The molecule has 0 saturated carbocycles. The number of rotatable bonds is 6. The van der Waals surface area contributed by atoms with Crippen molar-refractivity contribution >= 4 is 27.3 Å². The zero-order valence-corrected chi connectivity index (χ0v) is 17.6. The summed E-state index contributed by atoms with van der Waals surface area (Å²) in [5.41, 5.74) is 0.222. The molecule has 1 amide bonds. The molecule has 3 rings (SSSR count). The molecule has 11 nitrogen and oxygen atoms in total. The molecule has 0 spiro atoms. The van der Waals surface area contributed by atoms with Crippen molar-refractivity contribution in [1.29, 1.82) is 0 Å². The summed E-state index contributed by atoms with van der Waals surface area (Å²) in [4.78, 5) is 23.3. The van der Waals surface area contributed by atoms with Crippen LogP contribution in [0.4, 0.5) is 11.4 Å². The molecule has 1 N–H and O–H groups in total. The number of nitrogens with one attached hydrogen (secondary N) is 1. The van der Waals surface area contributed by atoms with E-state index in [1.165, 1.54) is 36.5 Å². The number of nitro benzene ring substituents is 1. The highest BCUT2D eigenvalue weighted by Crippen LogP contribution is 2.31. The molecule has 1 aliphatic heterocycles. The van der Waals surface area contributed by atoms with E-state index >= 15 is 0 Å². The lowest BCUT2D eigenvalue weighted by Gasteiger charge is -2.31. The quantitative estimate of drug-likeness (QED) is 0.534. The van der Waals surface area contributed by atoms with Gasteiger partial charge in [-0.2, -0.15) is 4.31 Å². The summed E-state index contributed by atoms with van der Waals surface area (Å²) in [6.07, 6.45) is 0.976. The lowest BCUT2D eigenvalue weighted by atomic mass is 9.98. The maximum Gasteiger partial charge on any atom is 0.271 e. The SMILES string of the molecule is COc1ccc([N+](=O)[O-])cc1NC(=O)C1CCCN(S(=O)(=O)c2c(C)noc2C)C1. The van der Waals surface area contributed by atoms with Crippen molar-refractivity contribution in [3.05, 3.63) is 39.8 Å². The van der Waals surface area contributed by atoms with E-state index in [0.29, 0.717) is 12.8 Å². The van der Waals surface area contributed by atoms with Crippen LogP contribution in [-0.2, 0) is 14.8 Å². The highest BCUT2D eigenvalue weighted by atomic mass is 32.2. The Labute approximate surface area is 173 Å². The first-order chi connectivity index (χ1) is 14.1. The Balaban J connectivity index is 1.80. The number of amides is 1. The Morgan fingerprint density at radius 2 is 2.13 bits per heavy atom. The predicted octanol–water partition coefficient (Wildman–Crippen LogP) is 2.25. The molecular formula is C18H22N4O7S. The summed E-state index contributed by atoms with van der Waals surface area (Å²) in [5.74, 6) is -0.601. The van der Waals surface area contributed by atoms with Gasteiger partial charge in [-0.25, -0.2) is 8.42 Å². The molecule has 1 unspecified atom stereocenters. The number of nitro groups is 1. The molecule has 1 saturated heterocycles. The van der Waals surface area contributed by atoms with Gasteiger partial charge in [0.25, 0.3) is 5.69 Å². The van der Waals surface area contributed by atoms with Crippen molar-refractivity contribution in [2.24, 2.45) is 5.92 Å². The minimum absolute atomic E-state index is 0.0175. The average Bonchev–Trinajstić information content (AvgIpc) is 3.06. The third-order valence-electron chi connectivity index (χ3n) is 4.97. The molecule has 0 radical (unpaired) electrons. The number of anilines is 1. The topological polar surface area (TPSA) is 145 Å². The smallest absolute Gasteiger partial charge is 0.271 e. The third kappa shape index (κ3) is 4.14. The van der Waals surface area contributed by atoms with Crippen LogP contribution in [0.2, 0.25) is 0 Å². The van der Waals surface area contributed by atoms with Crippen molar-refractivity contribution in [2.75, 3.05) is 25.5 Å². The number of methoxy groups -OCH3 is 1. The molecule has 12 heteroatoms. The Morgan fingerprint density at radius 1 is 1.40 bits per heavy atom. The maximum atomic E-state index is 13.0. The van der Waals surface area contributed by atoms with E-state index in [4.69, 9.17) is 9.26 Å². The van der Waals surface area contributed by atoms with Gasteiger partial charge >= 0.3 is 0 Å². The van der Waals surface area contributed by atoms with Crippen molar-refractivity contribution < 1.29 is 27.4 Å². The number of benzene rings is 1. The number of hydrogen-bond donors (Lipinski definition) is 1. The van der Waals surface area contributed by atoms with Gasteiger partial charge in [-0.15, -0.1) is 0 Å². The Kier molecular flexibility index (Phi) is 6.08. The first kappa shape index (κ1) is 21.7. The van der Waals surface area contributed by atoms with Crippen LogP contribution in [0, 0.1) is 29.9 Å². The maximum absolute atomic E-state index is 13.0. The second-order valence-corrected chi connectivity index (χ2v) is 8.86. The standard InChI is InChI=1S/C18H22N4O7S/c1-11-17(12(2)29-20-11)30(26,27)21-8-4-5-13(10-21)18(23)19-15-9-14(22(24)25)6-7-16(15)28-3/h6-7,9,13H,4-5,8,10H2,1-3H3,(H,19,23). The fourth-order valence-corrected chi connectivity index (χ4v) is 5.30. The first-order valence-electron chi connectivity index (χ1n) is 9.21. The van der Waals surface area contributed by atoms with Crippen LogP contribution in [-0.4, -0.2) is 48.9 Å². The molecule has 2 aromatic rings. The number of aromatic nitrogens is 1. The van der Waals surface area contributed by atoms with Gasteiger partial charge in [-0.3, -0.25) is 14.9 Å². The number of nitrogens with zero attached hydrogens (tertiary/aromatic N) is 3. The van der Waals surface area contributed by atoms with E-state index in [0.717, 1.165) is 0 Å². The summed E-state index contributed by atoms with van der Waals surface area (Å²) in [7, 11) is -2.48. The van der Waals surface area contributed by atoms with E-state index in [-0.39, 0.29) is 46.6 Å². The number of piperidine rings is 1. The summed E-state index contributed by atoms with van der Waals surface area (Å²) < 4.78 is 37.5. The molecule has 1 aliphatic rings. The molecular weight excluding hydrogens is 416 g/mol. The molecule has 1 aromatic heterocycles. The molecule has 1 fully saturated rings. The van der Waals surface area contributed by atoms with Crippen molar-refractivity contribution in [3.63, 3.8) is 0 Å². The Bertz CT molecular complexity index is 1060. The normalized spacial score (nSPS) is 17.5. The molecule has 162 valence electrons. The van der Waals surface area contributed by atoms with Gasteiger partial charge in [0, 0.05) is 25.2 Å². The van der Waals surface area contributed by atoms with Gasteiger partial charge in [-0.1, -0.05) is 5.16 Å². The van der Waals surface area contributed by atoms with E-state index in [2.05, 4.69) is 10.5 Å². The number of ether oxygens (including phenoxy) is 1. The number of sulfonamides is 1.